The van der Waals surface area contributed by atoms with Crippen LogP contribution in [-0.2, 0) is 16.1 Å². The van der Waals surface area contributed by atoms with Gasteiger partial charge in [0, 0.05) is 71.6 Å². The van der Waals surface area contributed by atoms with Crippen LogP contribution in [0.1, 0.15) is 50.5 Å². The first-order valence-electron chi connectivity index (χ1n) is 11.6. The van der Waals surface area contributed by atoms with Crippen LogP contribution in [-0.4, -0.2) is 71.8 Å². The van der Waals surface area contributed by atoms with Crippen molar-refractivity contribution in [3.63, 3.8) is 0 Å². The first-order valence-corrected chi connectivity index (χ1v) is 11.6. The lowest BCUT2D eigenvalue weighted by atomic mass is 9.79. The molecule has 30 heavy (non-hydrogen) atoms. The lowest BCUT2D eigenvalue weighted by molar-refractivity contribution is -0.140. The van der Waals surface area contributed by atoms with Crippen LogP contribution in [0, 0.1) is 17.3 Å². The van der Waals surface area contributed by atoms with Gasteiger partial charge in [0.15, 0.2) is 0 Å². The van der Waals surface area contributed by atoms with Crippen molar-refractivity contribution in [2.45, 2.75) is 51.5 Å². The van der Waals surface area contributed by atoms with Crippen LogP contribution in [0.4, 0.5) is 0 Å². The highest BCUT2D eigenvalue weighted by atomic mass is 16.2. The molecule has 2 amide bonds. The van der Waals surface area contributed by atoms with Crippen molar-refractivity contribution >= 4 is 11.8 Å². The van der Waals surface area contributed by atoms with Crippen molar-refractivity contribution in [1.29, 1.82) is 0 Å². The molecule has 3 aliphatic rings. The maximum Gasteiger partial charge on any atom is 0.231 e. The summed E-state index contributed by atoms with van der Waals surface area (Å²) < 4.78 is 0. The number of fused-ring (bicyclic) bond motifs is 1. The summed E-state index contributed by atoms with van der Waals surface area (Å²) in [6, 6.07) is 4.04. The highest BCUT2D eigenvalue weighted by molar-refractivity contribution is 5.86. The predicted octanol–water partition coefficient (Wildman–Crippen LogP) is 2.79. The molecule has 1 aromatic rings. The summed E-state index contributed by atoms with van der Waals surface area (Å²) in [4.78, 5) is 36.6. The zero-order chi connectivity index (χ0) is 21.1. The van der Waals surface area contributed by atoms with Gasteiger partial charge in [-0.05, 0) is 24.0 Å². The van der Waals surface area contributed by atoms with E-state index in [4.69, 9.17) is 0 Å². The van der Waals surface area contributed by atoms with E-state index < -0.39 is 5.41 Å². The number of carbonyl (C=O) groups excluding carboxylic acids is 2. The van der Waals surface area contributed by atoms with Gasteiger partial charge in [0.05, 0.1) is 5.41 Å². The van der Waals surface area contributed by atoms with Crippen molar-refractivity contribution < 1.29 is 9.59 Å². The summed E-state index contributed by atoms with van der Waals surface area (Å²) in [7, 11) is 3.68. The lowest BCUT2D eigenvalue weighted by Crippen LogP contribution is -2.47. The third kappa shape index (κ3) is 4.39. The second-order valence-electron chi connectivity index (χ2n) is 9.90. The normalized spacial score (nSPS) is 27.3. The number of likely N-dealkylation sites (tertiary alicyclic amines) is 2. The van der Waals surface area contributed by atoms with E-state index >= 15 is 0 Å². The number of aromatic nitrogens is 1. The molecular weight excluding hydrogens is 376 g/mol. The minimum Gasteiger partial charge on any atom is -0.348 e. The van der Waals surface area contributed by atoms with Crippen LogP contribution >= 0.6 is 0 Å². The molecule has 0 unspecified atom stereocenters. The Bertz CT molecular complexity index is 747. The molecule has 1 aliphatic carbocycles. The van der Waals surface area contributed by atoms with Gasteiger partial charge in [-0.1, -0.05) is 38.2 Å². The first-order chi connectivity index (χ1) is 14.5. The van der Waals surface area contributed by atoms with Crippen LogP contribution in [0.25, 0.3) is 0 Å². The summed E-state index contributed by atoms with van der Waals surface area (Å²) in [6.45, 7) is 3.67. The van der Waals surface area contributed by atoms with Crippen molar-refractivity contribution in [2.24, 2.45) is 17.3 Å². The maximum absolute atomic E-state index is 13.3. The molecule has 0 spiro atoms. The van der Waals surface area contributed by atoms with Crippen LogP contribution < -0.4 is 0 Å². The number of hydrogen-bond donors (Lipinski definition) is 0. The van der Waals surface area contributed by atoms with Gasteiger partial charge in [0.25, 0.3) is 0 Å². The van der Waals surface area contributed by atoms with Gasteiger partial charge in [-0.2, -0.15) is 0 Å². The molecule has 4 rings (SSSR count). The molecule has 0 aromatic carbocycles. The molecular formula is C24H36N4O2. The molecule has 3 fully saturated rings. The number of hydrogen-bond acceptors (Lipinski definition) is 4. The highest BCUT2D eigenvalue weighted by Gasteiger charge is 2.58. The van der Waals surface area contributed by atoms with Gasteiger partial charge < -0.3 is 9.80 Å². The molecule has 0 bridgehead atoms. The van der Waals surface area contributed by atoms with Crippen LogP contribution in [0.15, 0.2) is 24.5 Å². The molecule has 0 radical (unpaired) electrons. The van der Waals surface area contributed by atoms with Gasteiger partial charge in [-0.25, -0.2) is 0 Å². The molecule has 0 N–H and O–H groups in total. The zero-order valence-electron chi connectivity index (χ0n) is 18.6. The Labute approximate surface area is 180 Å². The van der Waals surface area contributed by atoms with Crippen molar-refractivity contribution in [3.8, 4) is 0 Å². The Kier molecular flexibility index (Phi) is 6.42. The Morgan fingerprint density at radius 3 is 2.67 bits per heavy atom. The summed E-state index contributed by atoms with van der Waals surface area (Å²) in [5.74, 6) is 1.35. The van der Waals surface area contributed by atoms with E-state index in [2.05, 4.69) is 16.0 Å². The van der Waals surface area contributed by atoms with E-state index in [1.165, 1.54) is 37.7 Å². The Morgan fingerprint density at radius 2 is 1.97 bits per heavy atom. The Hall–Kier alpha value is -1.95. The van der Waals surface area contributed by atoms with Gasteiger partial charge in [-0.15, -0.1) is 0 Å². The predicted molar refractivity (Wildman–Crippen MR) is 117 cm³/mol. The quantitative estimate of drug-likeness (QED) is 0.721. The van der Waals surface area contributed by atoms with E-state index in [9.17, 15) is 9.59 Å². The fourth-order valence-electron chi connectivity index (χ4n) is 5.94. The van der Waals surface area contributed by atoms with Crippen LogP contribution in [0.3, 0.4) is 0 Å². The van der Waals surface area contributed by atoms with E-state index in [-0.39, 0.29) is 17.7 Å². The zero-order valence-corrected chi connectivity index (χ0v) is 18.6. The largest absolute Gasteiger partial charge is 0.348 e. The number of carbonyl (C=O) groups is 2. The average Bonchev–Trinajstić information content (AvgIpc) is 3.27. The Balaban J connectivity index is 1.40. The van der Waals surface area contributed by atoms with Crippen LogP contribution in [0.2, 0.25) is 0 Å². The highest BCUT2D eigenvalue weighted by Crippen LogP contribution is 2.44. The van der Waals surface area contributed by atoms with Crippen molar-refractivity contribution in [1.82, 2.24) is 19.7 Å². The van der Waals surface area contributed by atoms with E-state index in [0.717, 1.165) is 32.0 Å². The molecule has 2 aliphatic heterocycles. The van der Waals surface area contributed by atoms with Crippen molar-refractivity contribution in [2.75, 3.05) is 40.3 Å². The van der Waals surface area contributed by atoms with Crippen LogP contribution in [0.5, 0.6) is 0 Å². The monoisotopic (exact) mass is 412 g/mol. The Morgan fingerprint density at radius 1 is 1.17 bits per heavy atom. The van der Waals surface area contributed by atoms with E-state index in [1.807, 2.05) is 31.3 Å². The second-order valence-corrected chi connectivity index (χ2v) is 9.90. The van der Waals surface area contributed by atoms with Crippen molar-refractivity contribution in [3.05, 3.63) is 30.1 Å². The standard InChI is InChI=1S/C24H36N4O2/c1-26(2)23(30)24-17-27(14-20-9-6-12-25-13-20)15-21(24)16-28(18-24)22(29)11-10-19-7-4-3-5-8-19/h6,9,12-13,19,21H,3-5,7-8,10-11,14-18H2,1-2H3/t21-,24-/m0/s1. The number of amides is 2. The second kappa shape index (κ2) is 9.04. The topological polar surface area (TPSA) is 56.8 Å². The smallest absolute Gasteiger partial charge is 0.231 e. The van der Waals surface area contributed by atoms with Gasteiger partial charge in [-0.3, -0.25) is 19.5 Å². The molecule has 164 valence electrons. The summed E-state index contributed by atoms with van der Waals surface area (Å²) >= 11 is 0. The van der Waals surface area contributed by atoms with Gasteiger partial charge in [0.1, 0.15) is 0 Å². The van der Waals surface area contributed by atoms with E-state index in [0.29, 0.717) is 19.5 Å². The van der Waals surface area contributed by atoms with Gasteiger partial charge >= 0.3 is 0 Å². The molecule has 6 heteroatoms. The number of rotatable bonds is 6. The number of pyridine rings is 1. The SMILES string of the molecule is CN(C)C(=O)[C@]12CN(Cc3cccnc3)C[C@H]1CN(C(=O)CCC1CCCCC1)C2. The molecule has 1 saturated carbocycles. The summed E-state index contributed by atoms with van der Waals surface area (Å²) in [6.07, 6.45) is 11.9. The molecule has 6 nitrogen and oxygen atoms in total. The molecule has 3 heterocycles. The fourth-order valence-corrected chi connectivity index (χ4v) is 5.94. The minimum atomic E-state index is -0.466. The molecule has 1 aromatic heterocycles. The summed E-state index contributed by atoms with van der Waals surface area (Å²) in [5, 5.41) is 0. The van der Waals surface area contributed by atoms with Gasteiger partial charge in [0.2, 0.25) is 11.8 Å². The molecule has 2 atom stereocenters. The third-order valence-electron chi connectivity index (χ3n) is 7.48. The number of nitrogens with zero attached hydrogens (tertiary/aromatic N) is 4. The van der Waals surface area contributed by atoms with E-state index in [1.54, 1.807) is 11.1 Å². The first kappa shape index (κ1) is 21.3. The summed E-state index contributed by atoms with van der Waals surface area (Å²) in [5.41, 5.74) is 0.706. The maximum atomic E-state index is 13.3. The fraction of sp³-hybridized carbons (Fsp3) is 0.708. The third-order valence-corrected chi connectivity index (χ3v) is 7.48. The minimum absolute atomic E-state index is 0.170. The lowest BCUT2D eigenvalue weighted by Gasteiger charge is -2.31. The molecule has 2 saturated heterocycles. The average molecular weight is 413 g/mol.